The minimum Gasteiger partial charge on any atom is -0.369 e. The number of hydrogen-bond donors (Lipinski definition) is 2. The number of aromatic amines is 1. The summed E-state index contributed by atoms with van der Waals surface area (Å²) < 4.78 is 0. The zero-order valence-electron chi connectivity index (χ0n) is 13.8. The predicted octanol–water partition coefficient (Wildman–Crippen LogP) is 1.68. The summed E-state index contributed by atoms with van der Waals surface area (Å²) in [5.41, 5.74) is 0.600. The van der Waals surface area contributed by atoms with Gasteiger partial charge in [0.15, 0.2) is 0 Å². The van der Waals surface area contributed by atoms with Crippen molar-refractivity contribution in [3.63, 3.8) is 0 Å². The lowest BCUT2D eigenvalue weighted by Gasteiger charge is -2.35. The Kier molecular flexibility index (Phi) is 4.98. The quantitative estimate of drug-likeness (QED) is 0.889. The number of nitrogens with one attached hydrogen (secondary N) is 2. The van der Waals surface area contributed by atoms with Crippen molar-refractivity contribution in [3.8, 4) is 0 Å². The van der Waals surface area contributed by atoms with Crippen molar-refractivity contribution in [1.82, 2.24) is 15.5 Å². The number of H-pyrrole nitrogens is 1. The molecule has 2 heterocycles. The molecule has 1 aliphatic carbocycles. The first kappa shape index (κ1) is 16.0. The highest BCUT2D eigenvalue weighted by Gasteiger charge is 2.28. The van der Waals surface area contributed by atoms with E-state index in [1.54, 1.807) is 12.3 Å². The van der Waals surface area contributed by atoms with Gasteiger partial charge in [0.05, 0.1) is 17.8 Å². The van der Waals surface area contributed by atoms with Gasteiger partial charge in [0.1, 0.15) is 0 Å². The van der Waals surface area contributed by atoms with E-state index in [9.17, 15) is 9.59 Å². The number of carbonyl (C=O) groups excluding carboxylic acids is 1. The minimum absolute atomic E-state index is 0.00221. The summed E-state index contributed by atoms with van der Waals surface area (Å²) in [7, 11) is 0. The van der Waals surface area contributed by atoms with Crippen molar-refractivity contribution >= 4 is 11.6 Å². The van der Waals surface area contributed by atoms with Crippen molar-refractivity contribution in [2.24, 2.45) is 11.8 Å². The standard InChI is InChI=1S/C17H26N4O2/c1-12-4-6-14(7-5-12)19-17(23)13-3-2-8-21(11-13)15-9-16(22)20-18-10-15/h9-10,12-14H,2-8,11H2,1H3,(H,19,23)(H,20,22). The molecule has 6 nitrogen and oxygen atoms in total. The monoisotopic (exact) mass is 318 g/mol. The Hall–Kier alpha value is -1.85. The van der Waals surface area contributed by atoms with Crippen molar-refractivity contribution < 1.29 is 4.79 Å². The zero-order valence-corrected chi connectivity index (χ0v) is 13.8. The molecule has 2 fully saturated rings. The molecule has 2 N–H and O–H groups in total. The number of aromatic nitrogens is 2. The third-order valence-corrected chi connectivity index (χ3v) is 5.17. The lowest BCUT2D eigenvalue weighted by molar-refractivity contribution is -0.126. The molecule has 0 aromatic carbocycles. The summed E-state index contributed by atoms with van der Waals surface area (Å²) in [6, 6.07) is 1.89. The maximum atomic E-state index is 12.6. The molecule has 1 aromatic rings. The molecular formula is C17H26N4O2. The van der Waals surface area contributed by atoms with Crippen LogP contribution in [-0.2, 0) is 4.79 Å². The van der Waals surface area contributed by atoms with Crippen LogP contribution in [0.2, 0.25) is 0 Å². The molecular weight excluding hydrogens is 292 g/mol. The molecule has 0 bridgehead atoms. The number of rotatable bonds is 3. The van der Waals surface area contributed by atoms with E-state index in [1.807, 2.05) is 0 Å². The van der Waals surface area contributed by atoms with Gasteiger partial charge in [-0.25, -0.2) is 5.10 Å². The molecule has 126 valence electrons. The highest BCUT2D eigenvalue weighted by molar-refractivity contribution is 5.80. The molecule has 1 unspecified atom stereocenters. The van der Waals surface area contributed by atoms with Gasteiger partial charge in [-0.05, 0) is 44.4 Å². The van der Waals surface area contributed by atoms with Gasteiger partial charge < -0.3 is 10.2 Å². The molecule has 1 atom stereocenters. The normalized spacial score (nSPS) is 28.4. The van der Waals surface area contributed by atoms with Crippen LogP contribution >= 0.6 is 0 Å². The Morgan fingerprint density at radius 3 is 2.83 bits per heavy atom. The van der Waals surface area contributed by atoms with Gasteiger partial charge in [0.25, 0.3) is 5.56 Å². The van der Waals surface area contributed by atoms with E-state index in [1.165, 1.54) is 12.8 Å². The predicted molar refractivity (Wildman–Crippen MR) is 89.4 cm³/mol. The Morgan fingerprint density at radius 1 is 1.30 bits per heavy atom. The van der Waals surface area contributed by atoms with E-state index in [0.29, 0.717) is 12.6 Å². The summed E-state index contributed by atoms with van der Waals surface area (Å²) in [5, 5.41) is 9.48. The van der Waals surface area contributed by atoms with Crippen LogP contribution in [0.4, 0.5) is 5.69 Å². The first-order valence-corrected chi connectivity index (χ1v) is 8.72. The molecule has 2 aliphatic rings. The number of anilines is 1. The SMILES string of the molecule is CC1CCC(NC(=O)C2CCCN(c3cn[nH]c(=O)c3)C2)CC1. The Bertz CT molecular complexity index is 592. The molecule has 0 spiro atoms. The largest absolute Gasteiger partial charge is 0.369 e. The highest BCUT2D eigenvalue weighted by atomic mass is 16.2. The van der Waals surface area contributed by atoms with Crippen LogP contribution in [-0.4, -0.2) is 35.2 Å². The number of amides is 1. The number of hydrogen-bond acceptors (Lipinski definition) is 4. The van der Waals surface area contributed by atoms with E-state index in [-0.39, 0.29) is 17.4 Å². The molecule has 1 saturated carbocycles. The van der Waals surface area contributed by atoms with Crippen molar-refractivity contribution in [3.05, 3.63) is 22.6 Å². The summed E-state index contributed by atoms with van der Waals surface area (Å²) >= 11 is 0. The van der Waals surface area contributed by atoms with Crippen LogP contribution in [0.5, 0.6) is 0 Å². The van der Waals surface area contributed by atoms with E-state index in [4.69, 9.17) is 0 Å². The molecule has 1 saturated heterocycles. The average Bonchev–Trinajstić information content (AvgIpc) is 2.57. The van der Waals surface area contributed by atoms with Crippen LogP contribution in [0.1, 0.15) is 45.4 Å². The lowest BCUT2D eigenvalue weighted by Crippen LogP contribution is -2.47. The first-order chi connectivity index (χ1) is 11.1. The Labute approximate surface area is 136 Å². The van der Waals surface area contributed by atoms with Gasteiger partial charge in [-0.15, -0.1) is 0 Å². The molecule has 1 aliphatic heterocycles. The molecule has 23 heavy (non-hydrogen) atoms. The van der Waals surface area contributed by atoms with Crippen molar-refractivity contribution in [1.29, 1.82) is 0 Å². The minimum atomic E-state index is -0.203. The third kappa shape index (κ3) is 4.12. The maximum Gasteiger partial charge on any atom is 0.266 e. The van der Waals surface area contributed by atoms with E-state index >= 15 is 0 Å². The number of piperidine rings is 1. The molecule has 1 aromatic heterocycles. The van der Waals surface area contributed by atoms with Gasteiger partial charge in [-0.1, -0.05) is 6.92 Å². The van der Waals surface area contributed by atoms with Crippen LogP contribution in [0.25, 0.3) is 0 Å². The fourth-order valence-electron chi connectivity index (χ4n) is 3.69. The van der Waals surface area contributed by atoms with Crippen LogP contribution in [0.15, 0.2) is 17.1 Å². The summed E-state index contributed by atoms with van der Waals surface area (Å²) in [5.74, 6) is 0.964. The Balaban J connectivity index is 1.57. The second-order valence-electron chi connectivity index (χ2n) is 7.05. The summed E-state index contributed by atoms with van der Waals surface area (Å²) in [4.78, 5) is 26.1. The first-order valence-electron chi connectivity index (χ1n) is 8.72. The van der Waals surface area contributed by atoms with Crippen LogP contribution in [0, 0.1) is 11.8 Å². The fourth-order valence-corrected chi connectivity index (χ4v) is 3.69. The highest BCUT2D eigenvalue weighted by Crippen LogP contribution is 2.25. The van der Waals surface area contributed by atoms with Gasteiger partial charge in [0.2, 0.25) is 5.91 Å². The molecule has 0 radical (unpaired) electrons. The number of nitrogens with zero attached hydrogens (tertiary/aromatic N) is 2. The smallest absolute Gasteiger partial charge is 0.266 e. The second kappa shape index (κ2) is 7.15. The molecule has 3 rings (SSSR count). The third-order valence-electron chi connectivity index (χ3n) is 5.17. The van der Waals surface area contributed by atoms with Crippen LogP contribution < -0.4 is 15.8 Å². The summed E-state index contributed by atoms with van der Waals surface area (Å²) in [6.07, 6.45) is 8.15. The Morgan fingerprint density at radius 2 is 2.09 bits per heavy atom. The van der Waals surface area contributed by atoms with Gasteiger partial charge in [-0.2, -0.15) is 5.10 Å². The maximum absolute atomic E-state index is 12.6. The summed E-state index contributed by atoms with van der Waals surface area (Å²) in [6.45, 7) is 3.82. The average molecular weight is 318 g/mol. The van der Waals surface area contributed by atoms with Crippen molar-refractivity contribution in [2.45, 2.75) is 51.5 Å². The molecule has 1 amide bonds. The van der Waals surface area contributed by atoms with Crippen LogP contribution in [0.3, 0.4) is 0 Å². The van der Waals surface area contributed by atoms with Crippen molar-refractivity contribution in [2.75, 3.05) is 18.0 Å². The zero-order chi connectivity index (χ0) is 16.2. The van der Waals surface area contributed by atoms with Gasteiger partial charge in [0, 0.05) is 25.2 Å². The number of carbonyl (C=O) groups is 1. The lowest BCUT2D eigenvalue weighted by atomic mass is 9.87. The van der Waals surface area contributed by atoms with E-state index < -0.39 is 0 Å². The van der Waals surface area contributed by atoms with E-state index in [0.717, 1.165) is 43.8 Å². The molecule has 6 heteroatoms. The second-order valence-corrected chi connectivity index (χ2v) is 7.05. The fraction of sp³-hybridized carbons (Fsp3) is 0.706. The van der Waals surface area contributed by atoms with Gasteiger partial charge in [-0.3, -0.25) is 9.59 Å². The topological polar surface area (TPSA) is 78.1 Å². The van der Waals surface area contributed by atoms with Gasteiger partial charge >= 0.3 is 0 Å². The van der Waals surface area contributed by atoms with E-state index in [2.05, 4.69) is 27.3 Å².